The van der Waals surface area contributed by atoms with E-state index in [1.54, 1.807) is 0 Å². The van der Waals surface area contributed by atoms with E-state index in [-0.39, 0.29) is 27.4 Å². The molecule has 0 aliphatic heterocycles. The van der Waals surface area contributed by atoms with Crippen molar-refractivity contribution in [2.75, 3.05) is 6.54 Å². The van der Waals surface area contributed by atoms with Gasteiger partial charge < -0.3 is 5.11 Å². The highest BCUT2D eigenvalue weighted by Crippen LogP contribution is 2.33. The summed E-state index contributed by atoms with van der Waals surface area (Å²) in [6, 6.07) is 2.96. The van der Waals surface area contributed by atoms with E-state index in [1.165, 1.54) is 12.1 Å². The predicted octanol–water partition coefficient (Wildman–Crippen LogP) is 3.20. The maximum absolute atomic E-state index is 12.3. The third kappa shape index (κ3) is 3.67. The summed E-state index contributed by atoms with van der Waals surface area (Å²) in [6.07, 6.45) is 1.99. The molecule has 0 heterocycles. The Morgan fingerprint density at radius 1 is 1.30 bits per heavy atom. The molecule has 2 rings (SSSR count). The minimum atomic E-state index is -3.80. The molecule has 1 aromatic rings. The fourth-order valence-corrected chi connectivity index (χ4v) is 5.36. The van der Waals surface area contributed by atoms with E-state index < -0.39 is 16.1 Å². The molecule has 1 aliphatic rings. The largest absolute Gasteiger partial charge is 0.393 e. The van der Waals surface area contributed by atoms with Crippen LogP contribution in [0.15, 0.2) is 21.5 Å². The second-order valence-electron chi connectivity index (χ2n) is 4.81. The molecule has 0 saturated heterocycles. The predicted molar refractivity (Wildman–Crippen MR) is 82.7 cm³/mol. The van der Waals surface area contributed by atoms with Crippen LogP contribution in [-0.4, -0.2) is 26.2 Å². The molecule has 1 aromatic carbocycles. The van der Waals surface area contributed by atoms with Crippen LogP contribution in [-0.2, 0) is 10.0 Å². The average Bonchev–Trinajstić information content (AvgIpc) is 2.70. The van der Waals surface area contributed by atoms with Crippen LogP contribution in [0.3, 0.4) is 0 Å². The van der Waals surface area contributed by atoms with Gasteiger partial charge in [-0.3, -0.25) is 0 Å². The Morgan fingerprint density at radius 3 is 2.40 bits per heavy atom. The third-order valence-electron chi connectivity index (χ3n) is 3.39. The lowest BCUT2D eigenvalue weighted by Gasteiger charge is -2.16. The lowest BCUT2D eigenvalue weighted by molar-refractivity contribution is 0.134. The minimum Gasteiger partial charge on any atom is -0.393 e. The molecule has 0 amide bonds. The zero-order chi connectivity index (χ0) is 14.9. The quantitative estimate of drug-likeness (QED) is 0.812. The number of benzene rings is 1. The van der Waals surface area contributed by atoms with E-state index >= 15 is 0 Å². The van der Waals surface area contributed by atoms with Crippen molar-refractivity contribution in [1.82, 2.24) is 4.72 Å². The summed E-state index contributed by atoms with van der Waals surface area (Å²) in [5, 5.41) is 9.83. The van der Waals surface area contributed by atoms with Crippen LogP contribution in [0, 0.1) is 5.92 Å². The summed E-state index contributed by atoms with van der Waals surface area (Å²) in [5.74, 6) is -0.0576. The van der Waals surface area contributed by atoms with Gasteiger partial charge in [-0.1, -0.05) is 45.6 Å². The van der Waals surface area contributed by atoms with Gasteiger partial charge in [0.2, 0.25) is 10.0 Å². The van der Waals surface area contributed by atoms with E-state index in [2.05, 4.69) is 20.7 Å². The first-order valence-corrected chi connectivity index (χ1v) is 9.17. The lowest BCUT2D eigenvalue weighted by Crippen LogP contribution is -2.32. The molecule has 20 heavy (non-hydrogen) atoms. The van der Waals surface area contributed by atoms with Crippen LogP contribution < -0.4 is 4.72 Å². The van der Waals surface area contributed by atoms with E-state index in [0.717, 1.165) is 12.8 Å². The van der Waals surface area contributed by atoms with Gasteiger partial charge in [-0.2, -0.15) is 0 Å². The number of rotatable bonds is 4. The minimum absolute atomic E-state index is 0.0576. The molecule has 4 nitrogen and oxygen atoms in total. The molecular weight excluding hydrogens is 389 g/mol. The normalized spacial score (nSPS) is 23.2. The van der Waals surface area contributed by atoms with Crippen molar-refractivity contribution < 1.29 is 13.5 Å². The summed E-state index contributed by atoms with van der Waals surface area (Å²) >= 11 is 15.1. The molecule has 1 aliphatic carbocycles. The van der Waals surface area contributed by atoms with Crippen LogP contribution in [0.4, 0.5) is 0 Å². The molecule has 0 spiro atoms. The van der Waals surface area contributed by atoms with E-state index in [9.17, 15) is 13.5 Å². The van der Waals surface area contributed by atoms with Crippen LogP contribution in [0.5, 0.6) is 0 Å². The zero-order valence-corrected chi connectivity index (χ0v) is 14.4. The van der Waals surface area contributed by atoms with Crippen molar-refractivity contribution in [1.29, 1.82) is 0 Å². The molecule has 2 unspecified atom stereocenters. The van der Waals surface area contributed by atoms with Crippen molar-refractivity contribution in [3.8, 4) is 0 Å². The molecule has 2 atom stereocenters. The summed E-state index contributed by atoms with van der Waals surface area (Å²) in [4.78, 5) is -0.128. The van der Waals surface area contributed by atoms with Crippen LogP contribution >= 0.6 is 39.1 Å². The third-order valence-corrected chi connectivity index (χ3v) is 6.19. The van der Waals surface area contributed by atoms with Gasteiger partial charge in [0.05, 0.1) is 16.1 Å². The fourth-order valence-electron chi connectivity index (χ4n) is 2.33. The molecule has 2 N–H and O–H groups in total. The van der Waals surface area contributed by atoms with Crippen molar-refractivity contribution in [3.63, 3.8) is 0 Å². The van der Waals surface area contributed by atoms with Gasteiger partial charge in [0.15, 0.2) is 0 Å². The number of hydrogen-bond donors (Lipinski definition) is 2. The smallest absolute Gasteiger partial charge is 0.243 e. The first kappa shape index (κ1) is 16.5. The van der Waals surface area contributed by atoms with Gasteiger partial charge in [0, 0.05) is 11.0 Å². The Hall–Kier alpha value is 0.150. The topological polar surface area (TPSA) is 66.4 Å². The highest BCUT2D eigenvalue weighted by molar-refractivity contribution is 9.10. The Morgan fingerprint density at radius 2 is 1.90 bits per heavy atom. The molecule has 0 aromatic heterocycles. The maximum Gasteiger partial charge on any atom is 0.243 e. The first-order chi connectivity index (χ1) is 9.31. The number of hydrogen-bond acceptors (Lipinski definition) is 3. The number of halogens is 3. The molecule has 0 radical (unpaired) electrons. The number of aliphatic hydroxyl groups excluding tert-OH is 1. The molecular formula is C12H14BrCl2NO3S. The van der Waals surface area contributed by atoms with Gasteiger partial charge >= 0.3 is 0 Å². The number of aliphatic hydroxyl groups is 1. The molecule has 1 saturated carbocycles. The summed E-state index contributed by atoms with van der Waals surface area (Å²) in [6.45, 7) is 0.187. The lowest BCUT2D eigenvalue weighted by atomic mass is 10.1. The van der Waals surface area contributed by atoms with Gasteiger partial charge in [0.1, 0.15) is 4.90 Å². The zero-order valence-electron chi connectivity index (χ0n) is 10.4. The molecule has 0 bridgehead atoms. The van der Waals surface area contributed by atoms with Gasteiger partial charge in [-0.25, -0.2) is 13.1 Å². The van der Waals surface area contributed by atoms with Crippen LogP contribution in [0.1, 0.15) is 19.3 Å². The monoisotopic (exact) mass is 401 g/mol. The number of nitrogens with one attached hydrogen (secondary N) is 1. The van der Waals surface area contributed by atoms with E-state index in [0.29, 0.717) is 10.9 Å². The molecule has 8 heteroatoms. The van der Waals surface area contributed by atoms with Gasteiger partial charge in [0.25, 0.3) is 0 Å². The highest BCUT2D eigenvalue weighted by Gasteiger charge is 2.28. The Labute approximate surface area is 136 Å². The van der Waals surface area contributed by atoms with Gasteiger partial charge in [-0.05, 0) is 30.9 Å². The number of sulfonamides is 1. The molecule has 112 valence electrons. The van der Waals surface area contributed by atoms with E-state index in [1.807, 2.05) is 0 Å². The van der Waals surface area contributed by atoms with Crippen LogP contribution in [0.2, 0.25) is 10.0 Å². The first-order valence-electron chi connectivity index (χ1n) is 6.13. The van der Waals surface area contributed by atoms with Crippen molar-refractivity contribution >= 4 is 49.2 Å². The van der Waals surface area contributed by atoms with E-state index in [4.69, 9.17) is 23.2 Å². The second kappa shape index (κ2) is 6.50. The summed E-state index contributed by atoms with van der Waals surface area (Å²) in [7, 11) is -3.80. The average molecular weight is 403 g/mol. The fraction of sp³-hybridized carbons (Fsp3) is 0.500. The summed E-state index contributed by atoms with van der Waals surface area (Å²) in [5.41, 5.74) is 0. The van der Waals surface area contributed by atoms with Crippen LogP contribution in [0.25, 0.3) is 0 Å². The molecule has 1 fully saturated rings. The van der Waals surface area contributed by atoms with Gasteiger partial charge in [-0.15, -0.1) is 0 Å². The van der Waals surface area contributed by atoms with Crippen molar-refractivity contribution in [2.24, 2.45) is 5.92 Å². The van der Waals surface area contributed by atoms with Crippen molar-refractivity contribution in [3.05, 3.63) is 26.7 Å². The summed E-state index contributed by atoms with van der Waals surface area (Å²) < 4.78 is 27.6. The maximum atomic E-state index is 12.3. The SMILES string of the molecule is O=S(=O)(NCC1CCCC1O)c1c(Cl)cc(Br)cc1Cl. The standard InChI is InChI=1S/C12H14BrCl2NO3S/c13-8-4-9(14)12(10(15)5-8)20(18,19)16-6-7-2-1-3-11(7)17/h4-5,7,11,16-17H,1-3,6H2. The Bertz CT molecular complexity index is 586. The highest BCUT2D eigenvalue weighted by atomic mass is 79.9. The Balaban J connectivity index is 2.18. The Kier molecular flexibility index (Phi) is 5.37. The van der Waals surface area contributed by atoms with Crippen molar-refractivity contribution in [2.45, 2.75) is 30.3 Å². The second-order valence-corrected chi connectivity index (χ2v) is 8.24.